The van der Waals surface area contributed by atoms with Crippen LogP contribution in [0.4, 0.5) is 20.6 Å². The number of anilines is 2. The van der Waals surface area contributed by atoms with Crippen LogP contribution in [0.5, 0.6) is 0 Å². The smallest absolute Gasteiger partial charge is 0.410 e. The molecule has 44 heavy (non-hydrogen) atoms. The Labute approximate surface area is 254 Å². The van der Waals surface area contributed by atoms with Crippen molar-refractivity contribution in [3.8, 4) is 0 Å². The first-order chi connectivity index (χ1) is 20.9. The minimum atomic E-state index is -0.600. The van der Waals surface area contributed by atoms with Crippen LogP contribution in [0, 0.1) is 18.7 Å². The van der Waals surface area contributed by atoms with Gasteiger partial charge < -0.3 is 29.0 Å². The van der Waals surface area contributed by atoms with Crippen LogP contribution < -0.4 is 10.2 Å². The molecule has 2 amide bonds. The van der Waals surface area contributed by atoms with Crippen LogP contribution in [0.25, 0.3) is 16.6 Å². The van der Waals surface area contributed by atoms with Crippen LogP contribution in [0.2, 0.25) is 0 Å². The van der Waals surface area contributed by atoms with Gasteiger partial charge in [-0.25, -0.2) is 14.2 Å². The predicted molar refractivity (Wildman–Crippen MR) is 164 cm³/mol. The van der Waals surface area contributed by atoms with E-state index in [0.29, 0.717) is 41.5 Å². The van der Waals surface area contributed by atoms with Crippen LogP contribution in [-0.2, 0) is 16.5 Å². The van der Waals surface area contributed by atoms with Crippen LogP contribution in [0.1, 0.15) is 56.1 Å². The number of carbonyl (C=O) groups excluding carboxylic acids is 2. The molecule has 1 saturated carbocycles. The maximum Gasteiger partial charge on any atom is 0.410 e. The molecule has 2 bridgehead atoms. The monoisotopic (exact) mass is 603 g/mol. The molecule has 1 N–H and O–H groups in total. The number of hydrogen-bond acceptors (Lipinski definition) is 7. The van der Waals surface area contributed by atoms with Gasteiger partial charge in [-0.1, -0.05) is 0 Å². The number of hydrogen-bond donors (Lipinski definition) is 1. The minimum absolute atomic E-state index is 0.0474. The molecule has 3 saturated heterocycles. The lowest BCUT2D eigenvalue weighted by Gasteiger charge is -2.42. The van der Waals surface area contributed by atoms with Gasteiger partial charge in [0, 0.05) is 55.9 Å². The fourth-order valence-corrected chi connectivity index (χ4v) is 7.00. The third-order valence-corrected chi connectivity index (χ3v) is 8.87. The van der Waals surface area contributed by atoms with Crippen molar-refractivity contribution in [2.75, 3.05) is 36.5 Å². The summed E-state index contributed by atoms with van der Waals surface area (Å²) in [6.45, 7) is 10.1. The fraction of sp³-hybridized carbons (Fsp3) is 0.500. The van der Waals surface area contributed by atoms with E-state index in [9.17, 15) is 14.0 Å². The summed E-state index contributed by atoms with van der Waals surface area (Å²) in [5.74, 6) is -0.308. The van der Waals surface area contributed by atoms with E-state index >= 15 is 0 Å². The number of aromatic nitrogens is 4. The Morgan fingerprint density at radius 3 is 2.75 bits per heavy atom. The highest BCUT2D eigenvalue weighted by Gasteiger charge is 2.54. The van der Waals surface area contributed by atoms with E-state index in [-0.39, 0.29) is 29.3 Å². The van der Waals surface area contributed by atoms with Crippen LogP contribution in [-0.4, -0.2) is 79.6 Å². The Morgan fingerprint density at radius 2 is 2.02 bits per heavy atom. The maximum absolute atomic E-state index is 14.7. The number of halogens is 1. The van der Waals surface area contributed by atoms with Crippen molar-refractivity contribution in [1.29, 1.82) is 0 Å². The lowest BCUT2D eigenvalue weighted by molar-refractivity contribution is -0.0458. The van der Waals surface area contributed by atoms with Crippen molar-refractivity contribution in [3.05, 3.63) is 53.9 Å². The molecular weight excluding hydrogens is 565 g/mol. The van der Waals surface area contributed by atoms with Gasteiger partial charge >= 0.3 is 6.09 Å². The molecule has 12 heteroatoms. The van der Waals surface area contributed by atoms with Crippen LogP contribution >= 0.6 is 0 Å². The molecule has 0 spiro atoms. The third-order valence-electron chi connectivity index (χ3n) is 8.87. The highest BCUT2D eigenvalue weighted by Crippen LogP contribution is 2.49. The summed E-state index contributed by atoms with van der Waals surface area (Å²) in [6.07, 6.45) is 7.70. The van der Waals surface area contributed by atoms with E-state index < -0.39 is 11.4 Å². The molecule has 0 unspecified atom stereocenters. The van der Waals surface area contributed by atoms with Gasteiger partial charge in [0.05, 0.1) is 41.7 Å². The van der Waals surface area contributed by atoms with Gasteiger partial charge in [-0.05, 0) is 65.0 Å². The summed E-state index contributed by atoms with van der Waals surface area (Å²) in [5.41, 5.74) is 2.22. The Bertz CT molecular complexity index is 1780. The van der Waals surface area contributed by atoms with Gasteiger partial charge in [-0.3, -0.25) is 9.48 Å². The number of carbonyl (C=O) groups is 2. The number of aryl methyl sites for hydroxylation is 2. The molecule has 3 aliphatic heterocycles. The number of fused-ring (bicyclic) bond motifs is 3. The maximum atomic E-state index is 14.7. The molecule has 1 aromatic carbocycles. The lowest BCUT2D eigenvalue weighted by atomic mass is 9.74. The van der Waals surface area contributed by atoms with E-state index in [1.165, 1.54) is 6.07 Å². The van der Waals surface area contributed by atoms with E-state index in [1.54, 1.807) is 34.5 Å². The number of pyridine rings is 1. The average molecular weight is 604 g/mol. The molecule has 4 aliphatic rings. The normalized spacial score (nSPS) is 22.9. The SMILES string of the molecule is Cc1cn2cc(NC(=O)c3ccc(N4CC[C@@H](N(CC56CC(CO5)C6)C(=O)OC(C)(C)C)C4)c4cn(C)nc34)cc(F)c2n1. The zero-order valence-electron chi connectivity index (χ0n) is 25.8. The first-order valence-corrected chi connectivity index (χ1v) is 15.2. The molecule has 1 atom stereocenters. The standard InChI is InChI=1S/C32H38FN7O4/c1-19-13-39-14-21(10-25(33)28(39)34-19)35-29(41)23-6-7-26(24-16-37(5)36-27(23)24)38-9-8-22(15-38)40(30(42)44-31(2,3)4)18-32-11-20(12-32)17-43-32/h6-7,10,13-14,16,20,22H,8-9,11-12,15,17-18H2,1-5H3,(H,35,41)/t20?,22-,32?/m1/s1. The third kappa shape index (κ3) is 5.14. The van der Waals surface area contributed by atoms with Crippen LogP contribution in [0.3, 0.4) is 0 Å². The lowest BCUT2D eigenvalue weighted by Crippen LogP contribution is -2.54. The molecule has 4 aromatic rings. The predicted octanol–water partition coefficient (Wildman–Crippen LogP) is 4.92. The Balaban J connectivity index is 1.13. The van der Waals surface area contributed by atoms with Gasteiger partial charge in [-0.15, -0.1) is 0 Å². The van der Waals surface area contributed by atoms with Crippen molar-refractivity contribution in [1.82, 2.24) is 24.1 Å². The van der Waals surface area contributed by atoms with Gasteiger partial charge in [0.1, 0.15) is 11.1 Å². The van der Waals surface area contributed by atoms with Crippen molar-refractivity contribution in [3.63, 3.8) is 0 Å². The Kier molecular flexibility index (Phi) is 6.61. The zero-order chi connectivity index (χ0) is 31.0. The van der Waals surface area contributed by atoms with E-state index in [4.69, 9.17) is 9.47 Å². The minimum Gasteiger partial charge on any atom is -0.444 e. The van der Waals surface area contributed by atoms with Gasteiger partial charge in [0.25, 0.3) is 5.91 Å². The number of amides is 2. The molecule has 11 nitrogen and oxygen atoms in total. The van der Waals surface area contributed by atoms with E-state index in [1.807, 2.05) is 45.0 Å². The molecule has 232 valence electrons. The number of benzene rings is 1. The fourth-order valence-electron chi connectivity index (χ4n) is 7.00. The number of rotatable bonds is 6. The second-order valence-corrected chi connectivity index (χ2v) is 13.6. The summed E-state index contributed by atoms with van der Waals surface area (Å²) < 4.78 is 29.9. The number of imidazole rings is 1. The Hall–Kier alpha value is -4.19. The van der Waals surface area contributed by atoms with Gasteiger partial charge in [-0.2, -0.15) is 5.10 Å². The van der Waals surface area contributed by atoms with E-state index in [0.717, 1.165) is 43.5 Å². The zero-order valence-corrected chi connectivity index (χ0v) is 25.8. The second-order valence-electron chi connectivity index (χ2n) is 13.6. The van der Waals surface area contributed by atoms with Crippen molar-refractivity contribution >= 4 is 39.9 Å². The first-order valence-electron chi connectivity index (χ1n) is 15.2. The Morgan fingerprint density at radius 1 is 1.23 bits per heavy atom. The number of nitrogens with zero attached hydrogens (tertiary/aromatic N) is 6. The second kappa shape index (κ2) is 10.2. The van der Waals surface area contributed by atoms with Gasteiger partial charge in [0.2, 0.25) is 0 Å². The molecule has 4 fully saturated rings. The number of ether oxygens (including phenoxy) is 2. The van der Waals surface area contributed by atoms with Crippen molar-refractivity contribution < 1.29 is 23.5 Å². The molecular formula is C32H38FN7O4. The van der Waals surface area contributed by atoms with Crippen molar-refractivity contribution in [2.24, 2.45) is 13.0 Å². The molecule has 8 rings (SSSR count). The number of nitrogens with one attached hydrogen (secondary N) is 1. The van der Waals surface area contributed by atoms with E-state index in [2.05, 4.69) is 20.3 Å². The largest absolute Gasteiger partial charge is 0.444 e. The highest BCUT2D eigenvalue weighted by molar-refractivity contribution is 6.14. The topological polar surface area (TPSA) is 106 Å². The van der Waals surface area contributed by atoms with Crippen LogP contribution in [0.15, 0.2) is 36.8 Å². The average Bonchev–Trinajstić information content (AvgIpc) is 3.73. The summed E-state index contributed by atoms with van der Waals surface area (Å²) >= 11 is 0. The highest BCUT2D eigenvalue weighted by atomic mass is 19.1. The van der Waals surface area contributed by atoms with Crippen molar-refractivity contribution in [2.45, 2.75) is 64.2 Å². The summed E-state index contributed by atoms with van der Waals surface area (Å²) in [7, 11) is 1.82. The summed E-state index contributed by atoms with van der Waals surface area (Å²) in [6, 6.07) is 4.91. The quantitative estimate of drug-likeness (QED) is 0.334. The molecule has 6 heterocycles. The summed E-state index contributed by atoms with van der Waals surface area (Å²) in [5, 5.41) is 8.28. The van der Waals surface area contributed by atoms with Gasteiger partial charge in [0.15, 0.2) is 11.5 Å². The summed E-state index contributed by atoms with van der Waals surface area (Å²) in [4.78, 5) is 35.2. The first kappa shape index (κ1) is 28.6. The molecule has 0 radical (unpaired) electrons. The molecule has 3 aromatic heterocycles. The molecule has 1 aliphatic carbocycles.